The zero-order valence-corrected chi connectivity index (χ0v) is 13.8. The molecule has 0 saturated heterocycles. The number of ether oxygens (including phenoxy) is 1. The van der Waals surface area contributed by atoms with Crippen LogP contribution in [0.4, 0.5) is 0 Å². The molecule has 0 radical (unpaired) electrons. The Morgan fingerprint density at radius 2 is 2.09 bits per heavy atom. The molecule has 1 aliphatic heterocycles. The Hall–Kier alpha value is -1.81. The van der Waals surface area contributed by atoms with Crippen LogP contribution in [0.5, 0.6) is 0 Å². The summed E-state index contributed by atoms with van der Waals surface area (Å²) in [5.41, 5.74) is 5.87. The third kappa shape index (κ3) is 2.55. The van der Waals surface area contributed by atoms with Crippen LogP contribution in [0.1, 0.15) is 36.6 Å². The van der Waals surface area contributed by atoms with E-state index in [1.807, 2.05) is 6.92 Å². The van der Waals surface area contributed by atoms with E-state index in [0.717, 1.165) is 19.6 Å². The number of fused-ring (bicyclic) bond motifs is 3. The third-order valence-corrected chi connectivity index (χ3v) is 5.17. The van der Waals surface area contributed by atoms with Crippen LogP contribution >= 0.6 is 0 Å². The van der Waals surface area contributed by atoms with Gasteiger partial charge in [0.25, 0.3) is 0 Å². The molecular weight excluding hydrogens is 288 g/mol. The Balaban J connectivity index is 1.71. The van der Waals surface area contributed by atoms with Crippen LogP contribution in [0, 0.1) is 0 Å². The lowest BCUT2D eigenvalue weighted by molar-refractivity contribution is -0.144. The highest BCUT2D eigenvalue weighted by Gasteiger charge is 2.25. The van der Waals surface area contributed by atoms with Gasteiger partial charge < -0.3 is 9.30 Å². The first-order valence-corrected chi connectivity index (χ1v) is 8.77. The van der Waals surface area contributed by atoms with Gasteiger partial charge in [-0.05, 0) is 43.7 Å². The monoisotopic (exact) mass is 312 g/mol. The fourth-order valence-corrected chi connectivity index (χ4v) is 4.23. The van der Waals surface area contributed by atoms with Crippen molar-refractivity contribution in [2.75, 3.05) is 19.7 Å². The van der Waals surface area contributed by atoms with E-state index in [2.05, 4.69) is 27.7 Å². The van der Waals surface area contributed by atoms with E-state index in [4.69, 9.17) is 4.74 Å². The predicted molar refractivity (Wildman–Crippen MR) is 90.5 cm³/mol. The number of aromatic nitrogens is 1. The molecule has 23 heavy (non-hydrogen) atoms. The molecule has 1 aromatic heterocycles. The fourth-order valence-electron chi connectivity index (χ4n) is 4.23. The van der Waals surface area contributed by atoms with Crippen LogP contribution in [0.25, 0.3) is 10.9 Å². The second-order valence-corrected chi connectivity index (χ2v) is 6.61. The van der Waals surface area contributed by atoms with Crippen LogP contribution in [0.15, 0.2) is 18.2 Å². The number of para-hydroxylation sites is 1. The Kier molecular flexibility index (Phi) is 3.85. The molecule has 1 aliphatic carbocycles. The van der Waals surface area contributed by atoms with Crippen molar-refractivity contribution < 1.29 is 9.53 Å². The van der Waals surface area contributed by atoms with Crippen LogP contribution < -0.4 is 0 Å². The van der Waals surface area contributed by atoms with Crippen LogP contribution in [0.2, 0.25) is 0 Å². The SMILES string of the molecule is CCOC(=O)CN1CCn2c3c(c4cccc(c42)C1)CCCC3. The number of nitrogens with zero attached hydrogens (tertiary/aromatic N) is 2. The molecule has 0 fully saturated rings. The summed E-state index contributed by atoms with van der Waals surface area (Å²) in [6.07, 6.45) is 5.02. The van der Waals surface area contributed by atoms with Gasteiger partial charge in [-0.2, -0.15) is 0 Å². The topological polar surface area (TPSA) is 34.5 Å². The van der Waals surface area contributed by atoms with E-state index in [-0.39, 0.29) is 5.97 Å². The van der Waals surface area contributed by atoms with Gasteiger partial charge in [-0.25, -0.2) is 0 Å². The maximum absolute atomic E-state index is 11.8. The second kappa shape index (κ2) is 6.00. The van der Waals surface area contributed by atoms with Crippen molar-refractivity contribution in [2.24, 2.45) is 0 Å². The molecule has 1 aromatic carbocycles. The molecule has 0 bridgehead atoms. The quantitative estimate of drug-likeness (QED) is 0.817. The Labute approximate surface area is 137 Å². The molecule has 2 aliphatic rings. The predicted octanol–water partition coefficient (Wildman–Crippen LogP) is 2.90. The first kappa shape index (κ1) is 14.8. The molecule has 0 saturated carbocycles. The van der Waals surface area contributed by atoms with Crippen molar-refractivity contribution in [1.82, 2.24) is 9.47 Å². The van der Waals surface area contributed by atoms with Crippen molar-refractivity contribution in [3.63, 3.8) is 0 Å². The van der Waals surface area contributed by atoms with Gasteiger partial charge in [-0.3, -0.25) is 9.69 Å². The summed E-state index contributed by atoms with van der Waals surface area (Å²) in [5, 5.41) is 1.44. The maximum atomic E-state index is 11.8. The van der Waals surface area contributed by atoms with Crippen LogP contribution in [-0.4, -0.2) is 35.1 Å². The molecule has 0 amide bonds. The Morgan fingerprint density at radius 1 is 1.22 bits per heavy atom. The van der Waals surface area contributed by atoms with Gasteiger partial charge in [0.2, 0.25) is 0 Å². The molecule has 0 spiro atoms. The summed E-state index contributed by atoms with van der Waals surface area (Å²) in [5.74, 6) is -0.117. The first-order valence-electron chi connectivity index (χ1n) is 8.77. The highest BCUT2D eigenvalue weighted by atomic mass is 16.5. The number of carbonyl (C=O) groups excluding carboxylic acids is 1. The molecule has 2 aromatic rings. The highest BCUT2D eigenvalue weighted by molar-refractivity contribution is 5.88. The minimum absolute atomic E-state index is 0.117. The lowest BCUT2D eigenvalue weighted by Gasteiger charge is -2.20. The molecule has 4 nitrogen and oxygen atoms in total. The van der Waals surface area contributed by atoms with Gasteiger partial charge in [-0.15, -0.1) is 0 Å². The molecule has 0 atom stereocenters. The standard InChI is InChI=1S/C19H24N2O2/c1-2-23-18(22)13-20-10-11-21-17-9-4-3-7-15(17)16-8-5-6-14(12-20)19(16)21/h5-6,8H,2-4,7,9-13H2,1H3. The first-order chi connectivity index (χ1) is 11.3. The summed E-state index contributed by atoms with van der Waals surface area (Å²) in [7, 11) is 0. The van der Waals surface area contributed by atoms with Gasteiger partial charge in [-0.1, -0.05) is 18.2 Å². The zero-order valence-electron chi connectivity index (χ0n) is 13.8. The smallest absolute Gasteiger partial charge is 0.320 e. The number of hydrogen-bond acceptors (Lipinski definition) is 3. The molecule has 0 N–H and O–H groups in total. The lowest BCUT2D eigenvalue weighted by Crippen LogP contribution is -2.32. The fraction of sp³-hybridized carbons (Fsp3) is 0.526. The second-order valence-electron chi connectivity index (χ2n) is 6.61. The van der Waals surface area contributed by atoms with Crippen LogP contribution in [-0.2, 0) is 35.5 Å². The van der Waals surface area contributed by atoms with Gasteiger partial charge in [0.1, 0.15) is 0 Å². The van der Waals surface area contributed by atoms with E-state index in [9.17, 15) is 4.79 Å². The number of esters is 1. The normalized spacial score (nSPS) is 17.8. The number of aryl methyl sites for hydroxylation is 1. The Bertz CT molecular complexity index is 747. The van der Waals surface area contributed by atoms with Crippen molar-refractivity contribution >= 4 is 16.9 Å². The number of carbonyl (C=O) groups is 1. The van der Waals surface area contributed by atoms with Crippen molar-refractivity contribution in [3.8, 4) is 0 Å². The average molecular weight is 312 g/mol. The third-order valence-electron chi connectivity index (χ3n) is 5.17. The molecule has 0 unspecified atom stereocenters. The van der Waals surface area contributed by atoms with Crippen molar-refractivity contribution in [1.29, 1.82) is 0 Å². The van der Waals surface area contributed by atoms with Gasteiger partial charge in [0, 0.05) is 30.7 Å². The molecule has 2 heterocycles. The van der Waals surface area contributed by atoms with E-state index in [0.29, 0.717) is 13.2 Å². The summed E-state index contributed by atoms with van der Waals surface area (Å²) in [6, 6.07) is 6.67. The highest BCUT2D eigenvalue weighted by Crippen LogP contribution is 2.35. The Morgan fingerprint density at radius 3 is 2.96 bits per heavy atom. The minimum Gasteiger partial charge on any atom is -0.465 e. The van der Waals surface area contributed by atoms with Gasteiger partial charge >= 0.3 is 5.97 Å². The summed E-state index contributed by atoms with van der Waals surface area (Å²) < 4.78 is 7.65. The minimum atomic E-state index is -0.117. The van der Waals surface area contributed by atoms with E-state index >= 15 is 0 Å². The number of hydrogen-bond donors (Lipinski definition) is 0. The number of rotatable bonds is 3. The lowest BCUT2D eigenvalue weighted by atomic mass is 9.95. The average Bonchev–Trinajstić information content (AvgIpc) is 2.75. The van der Waals surface area contributed by atoms with E-state index in [1.165, 1.54) is 47.8 Å². The van der Waals surface area contributed by atoms with Gasteiger partial charge in [0.05, 0.1) is 18.7 Å². The summed E-state index contributed by atoms with van der Waals surface area (Å²) >= 11 is 0. The maximum Gasteiger partial charge on any atom is 0.320 e. The molecule has 4 rings (SSSR count). The molecule has 4 heteroatoms. The summed E-state index contributed by atoms with van der Waals surface area (Å²) in [6.45, 7) is 5.41. The molecular formula is C19H24N2O2. The largest absolute Gasteiger partial charge is 0.465 e. The van der Waals surface area contributed by atoms with Gasteiger partial charge in [0.15, 0.2) is 0 Å². The van der Waals surface area contributed by atoms with E-state index < -0.39 is 0 Å². The van der Waals surface area contributed by atoms with Crippen molar-refractivity contribution in [3.05, 3.63) is 35.0 Å². The number of benzene rings is 1. The zero-order chi connectivity index (χ0) is 15.8. The van der Waals surface area contributed by atoms with Crippen molar-refractivity contribution in [2.45, 2.75) is 45.7 Å². The van der Waals surface area contributed by atoms with Crippen LogP contribution in [0.3, 0.4) is 0 Å². The van der Waals surface area contributed by atoms with E-state index in [1.54, 1.807) is 5.56 Å². The molecule has 122 valence electrons. The summed E-state index contributed by atoms with van der Waals surface area (Å²) in [4.78, 5) is 14.1.